The molecule has 0 saturated carbocycles. The highest BCUT2D eigenvalue weighted by Gasteiger charge is 2.47. The molecule has 0 radical (unpaired) electrons. The van der Waals surface area contributed by atoms with Gasteiger partial charge in [-0.15, -0.1) is 5.09 Å². The molecule has 1 unspecified atom stereocenters. The summed E-state index contributed by atoms with van der Waals surface area (Å²) in [7, 11) is -3.25. The number of anilines is 1. The standard InChI is InChI=1S/C17H21N4O6P/c18-15-6-7-21(17(24)19-15)9-13-10-27-28(25,11-26-13)20-14(16(22)23)8-12-4-2-1-3-5-12/h1-7,13-14,20,25H,8-11H2,(H2-,18,19,22,23,24)/p+1/t13-,14-,28?/m0/s1. The maximum absolute atomic E-state index is 11.8. The van der Waals surface area contributed by atoms with Gasteiger partial charge in [0.05, 0.1) is 6.54 Å². The van der Waals surface area contributed by atoms with Gasteiger partial charge in [-0.05, 0) is 11.6 Å². The van der Waals surface area contributed by atoms with Crippen molar-refractivity contribution in [3.63, 3.8) is 0 Å². The molecular formula is C17H22N4O6P+. The van der Waals surface area contributed by atoms with E-state index in [4.69, 9.17) is 15.0 Å². The predicted octanol–water partition coefficient (Wildman–Crippen LogP) is 0.239. The highest BCUT2D eigenvalue weighted by molar-refractivity contribution is 7.63. The van der Waals surface area contributed by atoms with Gasteiger partial charge >= 0.3 is 19.5 Å². The minimum atomic E-state index is -3.25. The lowest BCUT2D eigenvalue weighted by Crippen LogP contribution is -2.44. The first-order valence-electron chi connectivity index (χ1n) is 8.59. The lowest BCUT2D eigenvalue weighted by atomic mass is 10.1. The number of rotatable bonds is 7. The molecule has 0 bridgehead atoms. The fraction of sp³-hybridized carbons (Fsp3) is 0.353. The van der Waals surface area contributed by atoms with Crippen LogP contribution in [0.25, 0.3) is 0 Å². The van der Waals surface area contributed by atoms with Gasteiger partial charge < -0.3 is 15.6 Å². The number of nitrogens with one attached hydrogen (secondary N) is 1. The van der Waals surface area contributed by atoms with Gasteiger partial charge in [-0.25, -0.2) is 4.79 Å². The minimum Gasteiger partial charge on any atom is -0.480 e. The van der Waals surface area contributed by atoms with Crippen molar-refractivity contribution in [2.75, 3.05) is 18.7 Å². The lowest BCUT2D eigenvalue weighted by Gasteiger charge is -2.30. The Morgan fingerprint density at radius 2 is 2.14 bits per heavy atom. The fourth-order valence-electron chi connectivity index (χ4n) is 2.76. The van der Waals surface area contributed by atoms with E-state index in [0.29, 0.717) is 0 Å². The van der Waals surface area contributed by atoms with E-state index >= 15 is 0 Å². The quantitative estimate of drug-likeness (QED) is 0.472. The number of ether oxygens (including phenoxy) is 1. The van der Waals surface area contributed by atoms with Gasteiger partial charge in [-0.1, -0.05) is 30.3 Å². The number of nitrogens with two attached hydrogens (primary N) is 1. The molecule has 1 aromatic carbocycles. The Bertz CT molecular complexity index is 869. The fourth-order valence-corrected chi connectivity index (χ4v) is 4.50. The largest absolute Gasteiger partial charge is 0.480 e. The number of aromatic nitrogens is 2. The molecule has 5 N–H and O–H groups in total. The minimum absolute atomic E-state index is 0.00572. The van der Waals surface area contributed by atoms with Crippen LogP contribution in [0.2, 0.25) is 0 Å². The van der Waals surface area contributed by atoms with Crippen molar-refractivity contribution >= 4 is 19.7 Å². The van der Waals surface area contributed by atoms with Crippen LogP contribution in [0.1, 0.15) is 5.56 Å². The van der Waals surface area contributed by atoms with Gasteiger partial charge in [0.15, 0.2) is 0 Å². The van der Waals surface area contributed by atoms with Crippen LogP contribution in [0.4, 0.5) is 5.82 Å². The molecule has 150 valence electrons. The first-order chi connectivity index (χ1) is 13.3. The Morgan fingerprint density at radius 1 is 1.39 bits per heavy atom. The van der Waals surface area contributed by atoms with Crippen molar-refractivity contribution in [1.82, 2.24) is 14.6 Å². The summed E-state index contributed by atoms with van der Waals surface area (Å²) in [5, 5.41) is 12.2. The summed E-state index contributed by atoms with van der Waals surface area (Å²) in [6.45, 7) is 0.185. The van der Waals surface area contributed by atoms with Gasteiger partial charge in [-0.3, -0.25) is 9.36 Å². The number of aliphatic carboxylic acids is 1. The average Bonchev–Trinajstić information content (AvgIpc) is 2.66. The van der Waals surface area contributed by atoms with Crippen LogP contribution >= 0.6 is 7.87 Å². The summed E-state index contributed by atoms with van der Waals surface area (Å²) in [6, 6.07) is 9.57. The van der Waals surface area contributed by atoms with E-state index in [0.717, 1.165) is 5.56 Å². The van der Waals surface area contributed by atoms with E-state index in [1.54, 1.807) is 0 Å². The molecule has 1 aliphatic heterocycles. The zero-order valence-electron chi connectivity index (χ0n) is 15.0. The molecule has 10 nitrogen and oxygen atoms in total. The molecule has 2 heterocycles. The maximum Gasteiger partial charge on any atom is 0.371 e. The van der Waals surface area contributed by atoms with Crippen molar-refractivity contribution in [1.29, 1.82) is 0 Å². The molecule has 1 aliphatic rings. The Morgan fingerprint density at radius 3 is 2.75 bits per heavy atom. The summed E-state index contributed by atoms with van der Waals surface area (Å²) in [5.74, 6) is -0.966. The van der Waals surface area contributed by atoms with Gasteiger partial charge in [0, 0.05) is 12.6 Å². The van der Waals surface area contributed by atoms with Crippen LogP contribution in [0.15, 0.2) is 47.4 Å². The van der Waals surface area contributed by atoms with Crippen LogP contribution in [-0.4, -0.2) is 50.6 Å². The van der Waals surface area contributed by atoms with E-state index in [2.05, 4.69) is 10.1 Å². The van der Waals surface area contributed by atoms with Crippen molar-refractivity contribution in [3.8, 4) is 0 Å². The summed E-state index contributed by atoms with van der Waals surface area (Å²) < 4.78 is 12.5. The van der Waals surface area contributed by atoms with Gasteiger partial charge in [0.2, 0.25) is 6.35 Å². The normalized spacial score (nSPS) is 23.2. The first kappa shape index (κ1) is 20.4. The monoisotopic (exact) mass is 409 g/mol. The molecule has 11 heteroatoms. The molecule has 1 aromatic heterocycles. The Kier molecular flexibility index (Phi) is 6.38. The SMILES string of the molecule is Nc1ccn(C[C@H]2CO[P+](O)(N[C@@H](Cc3ccccc3)C(=O)O)CO2)c(=O)n1. The zero-order valence-corrected chi connectivity index (χ0v) is 15.9. The number of hydrogen-bond donors (Lipinski definition) is 4. The number of carboxylic acid groups (broad SMARTS) is 1. The second kappa shape index (κ2) is 8.76. The molecule has 3 rings (SSSR count). The molecular weight excluding hydrogens is 387 g/mol. The molecule has 2 aromatic rings. The highest BCUT2D eigenvalue weighted by atomic mass is 31.2. The molecule has 0 spiro atoms. The van der Waals surface area contributed by atoms with E-state index in [-0.39, 0.29) is 31.7 Å². The number of nitrogen functional groups attached to an aromatic ring is 1. The third-order valence-electron chi connectivity index (χ3n) is 4.19. The highest BCUT2D eigenvalue weighted by Crippen LogP contribution is 2.54. The van der Waals surface area contributed by atoms with E-state index in [1.807, 2.05) is 30.3 Å². The Hall–Kier alpha value is -2.36. The Balaban J connectivity index is 1.58. The zero-order chi connectivity index (χ0) is 20.1. The first-order valence-corrected chi connectivity index (χ1v) is 10.4. The van der Waals surface area contributed by atoms with Gasteiger partial charge in [0.1, 0.15) is 24.6 Å². The van der Waals surface area contributed by atoms with Crippen LogP contribution in [0.5, 0.6) is 0 Å². The molecule has 0 amide bonds. The molecule has 28 heavy (non-hydrogen) atoms. The van der Waals surface area contributed by atoms with Crippen molar-refractivity contribution < 1.29 is 24.1 Å². The maximum atomic E-state index is 11.8. The average molecular weight is 409 g/mol. The number of carbonyl (C=O) groups is 1. The summed E-state index contributed by atoms with van der Waals surface area (Å²) in [6.07, 6.45) is 1.02. The van der Waals surface area contributed by atoms with Gasteiger partial charge in [-0.2, -0.15) is 14.4 Å². The lowest BCUT2D eigenvalue weighted by molar-refractivity contribution is -0.139. The third-order valence-corrected chi connectivity index (χ3v) is 5.98. The third kappa shape index (κ3) is 5.34. The second-order valence-corrected chi connectivity index (χ2v) is 8.59. The van der Waals surface area contributed by atoms with Crippen LogP contribution in [-0.2, 0) is 27.0 Å². The summed E-state index contributed by atoms with van der Waals surface area (Å²) >= 11 is 0. The molecule has 1 fully saturated rings. The molecule has 0 aliphatic carbocycles. The number of carboxylic acids is 1. The number of benzene rings is 1. The van der Waals surface area contributed by atoms with Crippen molar-refractivity contribution in [3.05, 3.63) is 58.6 Å². The van der Waals surface area contributed by atoms with Gasteiger partial charge in [0.25, 0.3) is 0 Å². The van der Waals surface area contributed by atoms with E-state index in [1.165, 1.54) is 16.8 Å². The summed E-state index contributed by atoms with van der Waals surface area (Å²) in [5.41, 5.74) is 5.77. The van der Waals surface area contributed by atoms with Crippen LogP contribution < -0.4 is 16.5 Å². The Labute approximate surface area is 161 Å². The molecule has 3 atom stereocenters. The number of hydrogen-bond acceptors (Lipinski definition) is 8. The molecule has 1 saturated heterocycles. The smallest absolute Gasteiger partial charge is 0.371 e. The van der Waals surface area contributed by atoms with Crippen LogP contribution in [0, 0.1) is 0 Å². The van der Waals surface area contributed by atoms with E-state index < -0.39 is 31.7 Å². The predicted molar refractivity (Wildman–Crippen MR) is 102 cm³/mol. The van der Waals surface area contributed by atoms with E-state index in [9.17, 15) is 19.6 Å². The van der Waals surface area contributed by atoms with Crippen molar-refractivity contribution in [2.45, 2.75) is 25.1 Å². The topological polar surface area (TPSA) is 149 Å². The van der Waals surface area contributed by atoms with Crippen LogP contribution in [0.3, 0.4) is 0 Å². The summed E-state index contributed by atoms with van der Waals surface area (Å²) in [4.78, 5) is 37.6. The van der Waals surface area contributed by atoms with Crippen molar-refractivity contribution in [2.24, 2.45) is 0 Å². The number of nitrogens with zero attached hydrogens (tertiary/aromatic N) is 2. The second-order valence-electron chi connectivity index (χ2n) is 6.41.